The number of piperazine rings is 1. The van der Waals surface area contributed by atoms with E-state index in [1.54, 1.807) is 30.3 Å². The third kappa shape index (κ3) is 4.58. The minimum Gasteiger partial charge on any atom is -0.369 e. The predicted molar refractivity (Wildman–Crippen MR) is 130 cm³/mol. The van der Waals surface area contributed by atoms with Gasteiger partial charge in [0.1, 0.15) is 5.82 Å². The van der Waals surface area contributed by atoms with Crippen molar-refractivity contribution >= 4 is 21.6 Å². The van der Waals surface area contributed by atoms with Crippen molar-refractivity contribution in [3.05, 3.63) is 59.9 Å². The molecule has 3 aliphatic rings. The number of sulfonamides is 1. The summed E-state index contributed by atoms with van der Waals surface area (Å²) < 4.78 is 41.2. The molecule has 1 saturated heterocycles. The number of nitrogens with one attached hydrogen (secondary N) is 1. The van der Waals surface area contributed by atoms with Gasteiger partial charge >= 0.3 is 0 Å². The summed E-state index contributed by atoms with van der Waals surface area (Å²) in [4.78, 5) is 15.1. The van der Waals surface area contributed by atoms with Crippen LogP contribution in [0.25, 0.3) is 0 Å². The van der Waals surface area contributed by atoms with Crippen molar-refractivity contribution in [3.8, 4) is 0 Å². The van der Waals surface area contributed by atoms with Gasteiger partial charge in [-0.25, -0.2) is 12.8 Å². The molecular weight excluding hydrogens is 453 g/mol. The first-order valence-electron chi connectivity index (χ1n) is 12.2. The van der Waals surface area contributed by atoms with Gasteiger partial charge in [0, 0.05) is 43.5 Å². The molecule has 4 atom stereocenters. The number of amides is 1. The number of carbonyl (C=O) groups is 1. The molecule has 1 N–H and O–H groups in total. The zero-order chi connectivity index (χ0) is 23.9. The van der Waals surface area contributed by atoms with Gasteiger partial charge in [0.05, 0.1) is 4.90 Å². The molecule has 2 aromatic rings. The Bertz CT molecular complexity index is 1150. The molecule has 1 heterocycles. The van der Waals surface area contributed by atoms with Crippen molar-refractivity contribution in [2.75, 3.05) is 31.1 Å². The Morgan fingerprint density at radius 2 is 1.76 bits per heavy atom. The topological polar surface area (TPSA) is 69.7 Å². The Morgan fingerprint density at radius 3 is 2.41 bits per heavy atom. The largest absolute Gasteiger partial charge is 0.369 e. The van der Waals surface area contributed by atoms with Gasteiger partial charge in [0.15, 0.2) is 0 Å². The average Bonchev–Trinajstić information content (AvgIpc) is 3.49. The highest BCUT2D eigenvalue weighted by atomic mass is 32.2. The smallest absolute Gasteiger partial charge is 0.251 e. The Labute approximate surface area is 201 Å². The van der Waals surface area contributed by atoms with Gasteiger partial charge in [-0.3, -0.25) is 4.79 Å². The van der Waals surface area contributed by atoms with E-state index in [1.807, 2.05) is 4.90 Å². The fraction of sp³-hybridized carbons (Fsp3) is 0.500. The highest BCUT2D eigenvalue weighted by molar-refractivity contribution is 7.89. The summed E-state index contributed by atoms with van der Waals surface area (Å²) in [6.07, 6.45) is 5.05. The first kappa shape index (κ1) is 23.3. The van der Waals surface area contributed by atoms with Crippen LogP contribution in [0.3, 0.4) is 0 Å². The van der Waals surface area contributed by atoms with E-state index in [1.165, 1.54) is 48.2 Å². The van der Waals surface area contributed by atoms with Crippen molar-refractivity contribution < 1.29 is 17.6 Å². The second kappa shape index (κ2) is 9.30. The summed E-state index contributed by atoms with van der Waals surface area (Å²) in [5.41, 5.74) is 1.25. The molecule has 1 aliphatic heterocycles. The van der Waals surface area contributed by atoms with E-state index in [4.69, 9.17) is 0 Å². The van der Waals surface area contributed by atoms with Crippen LogP contribution in [-0.2, 0) is 10.0 Å². The zero-order valence-electron chi connectivity index (χ0n) is 19.5. The normalized spacial score (nSPS) is 25.9. The van der Waals surface area contributed by atoms with Crippen molar-refractivity contribution in [1.29, 1.82) is 0 Å². The van der Waals surface area contributed by atoms with Crippen LogP contribution >= 0.6 is 0 Å². The van der Waals surface area contributed by atoms with Gasteiger partial charge in [0.2, 0.25) is 10.0 Å². The maximum atomic E-state index is 13.3. The van der Waals surface area contributed by atoms with Gasteiger partial charge < -0.3 is 10.2 Å². The Hall–Kier alpha value is -2.45. The van der Waals surface area contributed by atoms with E-state index in [2.05, 4.69) is 12.2 Å². The highest BCUT2D eigenvalue weighted by Gasteiger charge is 2.42. The molecule has 0 spiro atoms. The standard InChI is InChI=1S/C26H32FN3O3S/c1-18(25-16-19-5-6-20(25)15-19)28-26(31)21-3-2-4-24(17-21)34(32,33)30-13-11-29(12-14-30)23-9-7-22(27)8-10-23/h2-4,7-10,17-20,25H,5-6,11-16H2,1H3,(H,28,31)/t18-,19+,20+,25+/m1/s1. The zero-order valence-corrected chi connectivity index (χ0v) is 20.3. The van der Waals surface area contributed by atoms with Crippen molar-refractivity contribution in [2.24, 2.45) is 17.8 Å². The molecule has 34 heavy (non-hydrogen) atoms. The Morgan fingerprint density at radius 1 is 1.03 bits per heavy atom. The van der Waals surface area contributed by atoms with Gasteiger partial charge in [-0.15, -0.1) is 0 Å². The van der Waals surface area contributed by atoms with Gasteiger partial charge in [-0.2, -0.15) is 4.31 Å². The van der Waals surface area contributed by atoms with Crippen LogP contribution in [0.2, 0.25) is 0 Å². The summed E-state index contributed by atoms with van der Waals surface area (Å²) >= 11 is 0. The molecule has 3 fully saturated rings. The molecule has 2 saturated carbocycles. The van der Waals surface area contributed by atoms with Crippen LogP contribution < -0.4 is 10.2 Å². The average molecular weight is 486 g/mol. The summed E-state index contributed by atoms with van der Waals surface area (Å²) in [5, 5.41) is 3.13. The summed E-state index contributed by atoms with van der Waals surface area (Å²) in [6.45, 7) is 3.78. The molecule has 0 aromatic heterocycles. The lowest BCUT2D eigenvalue weighted by molar-refractivity contribution is 0.0915. The molecule has 182 valence electrons. The second-order valence-corrected chi connectivity index (χ2v) is 11.9. The third-order valence-corrected chi connectivity index (χ3v) is 9.85. The van der Waals surface area contributed by atoms with Crippen LogP contribution in [0, 0.1) is 23.6 Å². The maximum absolute atomic E-state index is 13.3. The number of hydrogen-bond donors (Lipinski definition) is 1. The van der Waals surface area contributed by atoms with E-state index < -0.39 is 10.0 Å². The van der Waals surface area contributed by atoms with E-state index in [0.717, 1.165) is 11.6 Å². The lowest BCUT2D eigenvalue weighted by atomic mass is 9.84. The minimum absolute atomic E-state index is 0.0857. The first-order chi connectivity index (χ1) is 16.3. The molecule has 0 unspecified atom stereocenters. The summed E-state index contributed by atoms with van der Waals surface area (Å²) in [5.74, 6) is 1.53. The second-order valence-electron chi connectivity index (χ2n) is 10.00. The van der Waals surface area contributed by atoms with E-state index in [9.17, 15) is 17.6 Å². The summed E-state index contributed by atoms with van der Waals surface area (Å²) in [7, 11) is -3.71. The number of hydrogen-bond acceptors (Lipinski definition) is 4. The molecule has 2 aromatic carbocycles. The van der Waals surface area contributed by atoms with Crippen molar-refractivity contribution in [1.82, 2.24) is 9.62 Å². The van der Waals surface area contributed by atoms with Crippen LogP contribution in [0.5, 0.6) is 0 Å². The Balaban J connectivity index is 1.23. The molecule has 2 aliphatic carbocycles. The van der Waals surface area contributed by atoms with Crippen molar-refractivity contribution in [2.45, 2.75) is 43.5 Å². The third-order valence-electron chi connectivity index (χ3n) is 7.96. The molecule has 8 heteroatoms. The number of halogens is 1. The van der Waals surface area contributed by atoms with Crippen LogP contribution in [0.15, 0.2) is 53.4 Å². The molecule has 5 rings (SSSR count). The number of benzene rings is 2. The fourth-order valence-electron chi connectivity index (χ4n) is 6.09. The number of fused-ring (bicyclic) bond motifs is 2. The monoisotopic (exact) mass is 485 g/mol. The van der Waals surface area contributed by atoms with Crippen LogP contribution in [-0.4, -0.2) is 50.9 Å². The van der Waals surface area contributed by atoms with E-state index in [0.29, 0.717) is 43.6 Å². The van der Waals surface area contributed by atoms with Gasteiger partial charge in [-0.1, -0.05) is 12.5 Å². The minimum atomic E-state index is -3.71. The van der Waals surface area contributed by atoms with Gasteiger partial charge in [-0.05, 0) is 86.4 Å². The highest BCUT2D eigenvalue weighted by Crippen LogP contribution is 2.49. The SMILES string of the molecule is C[C@@H](NC(=O)c1cccc(S(=O)(=O)N2CCN(c3ccc(F)cc3)CC2)c1)[C@@H]1C[C@H]2CC[C@H]1C2. The first-order valence-corrected chi connectivity index (χ1v) is 13.7. The number of carbonyl (C=O) groups excluding carboxylic acids is 1. The van der Waals surface area contributed by atoms with Gasteiger partial charge in [0.25, 0.3) is 5.91 Å². The number of nitrogens with zero attached hydrogens (tertiary/aromatic N) is 2. The number of rotatable bonds is 6. The van der Waals surface area contributed by atoms with Crippen LogP contribution in [0.1, 0.15) is 43.0 Å². The van der Waals surface area contributed by atoms with Crippen molar-refractivity contribution in [3.63, 3.8) is 0 Å². The lowest BCUT2D eigenvalue weighted by Crippen LogP contribution is -2.48. The molecule has 1 amide bonds. The van der Waals surface area contributed by atoms with E-state index >= 15 is 0 Å². The maximum Gasteiger partial charge on any atom is 0.251 e. The van der Waals surface area contributed by atoms with Crippen LogP contribution in [0.4, 0.5) is 10.1 Å². The number of anilines is 1. The summed E-state index contributed by atoms with van der Waals surface area (Å²) in [6, 6.07) is 12.7. The van der Waals surface area contributed by atoms with E-state index in [-0.39, 0.29) is 22.7 Å². The quantitative estimate of drug-likeness (QED) is 0.674. The molecular formula is C26H32FN3O3S. The Kier molecular flexibility index (Phi) is 6.37. The molecule has 6 nitrogen and oxygen atoms in total. The predicted octanol–water partition coefficient (Wildman–Crippen LogP) is 3.89. The molecule has 2 bridgehead atoms. The fourth-order valence-corrected chi connectivity index (χ4v) is 7.56. The molecule has 0 radical (unpaired) electrons. The lowest BCUT2D eigenvalue weighted by Gasteiger charge is -2.35.